The second-order valence-electron chi connectivity index (χ2n) is 5.06. The fraction of sp³-hybridized carbons (Fsp3) is 0.118. The van der Waals surface area contributed by atoms with Crippen molar-refractivity contribution >= 4 is 34.0 Å². The molecule has 0 aliphatic rings. The molecule has 0 aliphatic heterocycles. The van der Waals surface area contributed by atoms with E-state index in [0.717, 1.165) is 43.8 Å². The maximum Gasteiger partial charge on any atom is 0.171 e. The zero-order valence-electron chi connectivity index (χ0n) is 12.4. The molecule has 0 atom stereocenters. The summed E-state index contributed by atoms with van der Waals surface area (Å²) >= 11 is 3.31. The molecule has 0 aliphatic carbocycles. The number of thioether (sulfide) groups is 1. The second kappa shape index (κ2) is 6.14. The maximum atomic E-state index is 5.13. The van der Waals surface area contributed by atoms with Crippen LogP contribution in [0.5, 0.6) is 0 Å². The molecule has 0 N–H and O–H groups in total. The van der Waals surface area contributed by atoms with Gasteiger partial charge in [-0.2, -0.15) is 0 Å². The normalized spacial score (nSPS) is 11.2. The average molecular weight is 339 g/mol. The third kappa shape index (κ3) is 3.00. The van der Waals surface area contributed by atoms with Gasteiger partial charge in [-0.3, -0.25) is 0 Å². The van der Waals surface area contributed by atoms with Gasteiger partial charge in [-0.05, 0) is 24.4 Å². The van der Waals surface area contributed by atoms with Crippen molar-refractivity contribution in [2.24, 2.45) is 0 Å². The lowest BCUT2D eigenvalue weighted by Gasteiger charge is -2.06. The molecule has 0 saturated heterocycles. The maximum absolute atomic E-state index is 5.13. The van der Waals surface area contributed by atoms with Crippen LogP contribution in [0.15, 0.2) is 57.4 Å². The molecule has 1 aromatic carbocycles. The van der Waals surface area contributed by atoms with Crippen LogP contribution in [0.3, 0.4) is 0 Å². The van der Waals surface area contributed by atoms with Crippen LogP contribution in [-0.4, -0.2) is 15.1 Å². The van der Waals surface area contributed by atoms with Crippen molar-refractivity contribution in [2.45, 2.75) is 17.7 Å². The average Bonchev–Trinajstić information content (AvgIpc) is 3.24. The summed E-state index contributed by atoms with van der Waals surface area (Å²) in [5.74, 6) is 2.33. The second-order valence-corrected chi connectivity index (χ2v) is 6.98. The van der Waals surface area contributed by atoms with E-state index in [2.05, 4.69) is 16.2 Å². The first-order valence-corrected chi connectivity index (χ1v) is 9.02. The molecule has 0 amide bonds. The number of hydrogen-bond donors (Lipinski definition) is 0. The summed E-state index contributed by atoms with van der Waals surface area (Å²) in [6.45, 7) is 1.90. The highest BCUT2D eigenvalue weighted by Crippen LogP contribution is 2.31. The Bertz CT molecular complexity index is 948. The molecule has 3 heterocycles. The summed E-state index contributed by atoms with van der Waals surface area (Å²) in [6, 6.07) is 14.1. The Kier molecular flexibility index (Phi) is 3.85. The van der Waals surface area contributed by atoms with Crippen LogP contribution in [0, 0.1) is 6.92 Å². The molecule has 0 bridgehead atoms. The van der Waals surface area contributed by atoms with Crippen LogP contribution in [-0.2, 0) is 5.75 Å². The number of nitrogens with zero attached hydrogens (tertiary/aromatic N) is 3. The van der Waals surface area contributed by atoms with Gasteiger partial charge in [0.05, 0.1) is 16.1 Å². The number of thiophene rings is 1. The lowest BCUT2D eigenvalue weighted by Crippen LogP contribution is -1.93. The van der Waals surface area contributed by atoms with Crippen molar-refractivity contribution < 1.29 is 4.52 Å². The minimum absolute atomic E-state index is 0.724. The quantitative estimate of drug-likeness (QED) is 0.389. The van der Waals surface area contributed by atoms with Crippen molar-refractivity contribution in [3.8, 4) is 10.7 Å². The van der Waals surface area contributed by atoms with Crippen molar-refractivity contribution in [3.05, 3.63) is 59.3 Å². The highest BCUT2D eigenvalue weighted by atomic mass is 32.2. The first kappa shape index (κ1) is 14.4. The summed E-state index contributed by atoms with van der Waals surface area (Å²) in [6.07, 6.45) is 0. The zero-order valence-corrected chi connectivity index (χ0v) is 14.0. The predicted molar refractivity (Wildman–Crippen MR) is 93.7 cm³/mol. The van der Waals surface area contributed by atoms with E-state index in [4.69, 9.17) is 9.51 Å². The van der Waals surface area contributed by atoms with Gasteiger partial charge in [0.1, 0.15) is 10.8 Å². The van der Waals surface area contributed by atoms with Crippen LogP contribution < -0.4 is 0 Å². The number of aryl methyl sites for hydroxylation is 1. The molecule has 0 saturated carbocycles. The van der Waals surface area contributed by atoms with Crippen LogP contribution in [0.1, 0.15) is 11.5 Å². The predicted octanol–water partition coefficient (Wildman–Crippen LogP) is 4.95. The van der Waals surface area contributed by atoms with Crippen molar-refractivity contribution in [2.75, 3.05) is 0 Å². The highest BCUT2D eigenvalue weighted by Gasteiger charge is 2.11. The van der Waals surface area contributed by atoms with E-state index in [1.807, 2.05) is 48.7 Å². The molecule has 0 fully saturated rings. The van der Waals surface area contributed by atoms with Crippen LogP contribution >= 0.6 is 23.1 Å². The summed E-state index contributed by atoms with van der Waals surface area (Å²) in [5, 5.41) is 8.13. The lowest BCUT2D eigenvalue weighted by molar-refractivity contribution is 0.393. The lowest BCUT2D eigenvalue weighted by atomic mass is 10.2. The topological polar surface area (TPSA) is 51.8 Å². The third-order valence-corrected chi connectivity index (χ3v) is 5.23. The van der Waals surface area contributed by atoms with E-state index in [0.29, 0.717) is 0 Å². The van der Waals surface area contributed by atoms with Gasteiger partial charge < -0.3 is 4.52 Å². The van der Waals surface area contributed by atoms with Gasteiger partial charge >= 0.3 is 0 Å². The molecule has 6 heteroatoms. The highest BCUT2D eigenvalue weighted by molar-refractivity contribution is 7.98. The SMILES string of the molecule is Cc1cc(CSc2nc(-c3cccs3)nc3ccccc23)no1. The monoisotopic (exact) mass is 339 g/mol. The first-order valence-electron chi connectivity index (χ1n) is 7.15. The van der Waals surface area contributed by atoms with Crippen LogP contribution in [0.2, 0.25) is 0 Å². The Hall–Kier alpha value is -2.18. The molecule has 0 spiro atoms. The summed E-state index contributed by atoms with van der Waals surface area (Å²) in [4.78, 5) is 10.5. The van der Waals surface area contributed by atoms with Crippen LogP contribution in [0.4, 0.5) is 0 Å². The molecular weight excluding hydrogens is 326 g/mol. The number of para-hydroxylation sites is 1. The third-order valence-electron chi connectivity index (χ3n) is 3.34. The smallest absolute Gasteiger partial charge is 0.171 e. The summed E-state index contributed by atoms with van der Waals surface area (Å²) in [5.41, 5.74) is 1.89. The summed E-state index contributed by atoms with van der Waals surface area (Å²) < 4.78 is 5.13. The Morgan fingerprint density at radius 1 is 1.13 bits per heavy atom. The van der Waals surface area contributed by atoms with Crippen molar-refractivity contribution in [3.63, 3.8) is 0 Å². The van der Waals surface area contributed by atoms with Crippen LogP contribution in [0.25, 0.3) is 21.6 Å². The molecule has 0 unspecified atom stereocenters. The standard InChI is InChI=1S/C17H13N3OS2/c1-11-9-12(20-21-11)10-23-17-13-5-2-3-6-14(13)18-16(19-17)15-7-4-8-22-15/h2-9H,10H2,1H3. The van der Waals surface area contributed by atoms with Crippen molar-refractivity contribution in [1.29, 1.82) is 0 Å². The number of hydrogen-bond acceptors (Lipinski definition) is 6. The largest absolute Gasteiger partial charge is 0.361 e. The van der Waals surface area contributed by atoms with Gasteiger partial charge in [0.2, 0.25) is 0 Å². The Balaban J connectivity index is 1.74. The van der Waals surface area contributed by atoms with Gasteiger partial charge in [-0.1, -0.05) is 41.2 Å². The molecule has 114 valence electrons. The zero-order chi connectivity index (χ0) is 15.6. The van der Waals surface area contributed by atoms with E-state index in [9.17, 15) is 0 Å². The number of fused-ring (bicyclic) bond motifs is 1. The van der Waals surface area contributed by atoms with E-state index in [1.54, 1.807) is 23.1 Å². The number of rotatable bonds is 4. The molecule has 23 heavy (non-hydrogen) atoms. The first-order chi connectivity index (χ1) is 11.3. The minimum Gasteiger partial charge on any atom is -0.361 e. The Morgan fingerprint density at radius 3 is 2.83 bits per heavy atom. The fourth-order valence-electron chi connectivity index (χ4n) is 2.30. The minimum atomic E-state index is 0.724. The van der Waals surface area contributed by atoms with Gasteiger partial charge in [0.15, 0.2) is 5.82 Å². The molecule has 4 nitrogen and oxygen atoms in total. The molecule has 4 aromatic rings. The van der Waals surface area contributed by atoms with Crippen molar-refractivity contribution in [1.82, 2.24) is 15.1 Å². The molecule has 3 aromatic heterocycles. The van der Waals surface area contributed by atoms with E-state index in [-0.39, 0.29) is 0 Å². The molecule has 4 rings (SSSR count). The van der Waals surface area contributed by atoms with Gasteiger partial charge in [0.25, 0.3) is 0 Å². The van der Waals surface area contributed by atoms with E-state index < -0.39 is 0 Å². The van der Waals surface area contributed by atoms with Gasteiger partial charge in [-0.25, -0.2) is 9.97 Å². The Morgan fingerprint density at radius 2 is 2.04 bits per heavy atom. The summed E-state index contributed by atoms with van der Waals surface area (Å²) in [7, 11) is 0. The molecule has 0 radical (unpaired) electrons. The van der Waals surface area contributed by atoms with Gasteiger partial charge in [0, 0.05) is 17.2 Å². The van der Waals surface area contributed by atoms with E-state index in [1.165, 1.54) is 0 Å². The Labute approximate surface area is 141 Å². The van der Waals surface area contributed by atoms with E-state index >= 15 is 0 Å². The number of aromatic nitrogens is 3. The fourth-order valence-corrected chi connectivity index (χ4v) is 3.86. The van der Waals surface area contributed by atoms with Gasteiger partial charge in [-0.15, -0.1) is 11.3 Å². The molecular formula is C17H13N3OS2. The number of benzene rings is 1.